The van der Waals surface area contributed by atoms with Crippen LogP contribution in [0, 0.1) is 16.8 Å². The molecule has 6 nitrogen and oxygen atoms in total. The molecule has 0 aliphatic carbocycles. The maximum absolute atomic E-state index is 13.0. The van der Waals surface area contributed by atoms with Crippen molar-refractivity contribution in [1.29, 1.82) is 0 Å². The van der Waals surface area contributed by atoms with Gasteiger partial charge in [-0.05, 0) is 12.1 Å². The van der Waals surface area contributed by atoms with Crippen molar-refractivity contribution in [3.05, 3.63) is 65.1 Å². The molecule has 0 radical (unpaired) electrons. The van der Waals surface area contributed by atoms with E-state index in [1.54, 1.807) is 0 Å². The van der Waals surface area contributed by atoms with Crippen LogP contribution in [0.2, 0.25) is 0 Å². The third-order valence-corrected chi connectivity index (χ3v) is 2.58. The zero-order valence-corrected chi connectivity index (χ0v) is 11.1. The van der Waals surface area contributed by atoms with Crippen LogP contribution < -0.4 is 10.0 Å². The molecule has 1 amide bonds. The van der Waals surface area contributed by atoms with Gasteiger partial charge < -0.3 is 15.3 Å². The summed E-state index contributed by atoms with van der Waals surface area (Å²) in [6.07, 6.45) is 2.22. The molecule has 0 fully saturated rings. The molecule has 8 heteroatoms. The molecule has 22 heavy (non-hydrogen) atoms. The average Bonchev–Trinajstić information content (AvgIpc) is 2.49. The van der Waals surface area contributed by atoms with Crippen molar-refractivity contribution in [3.8, 4) is 0 Å². The molecule has 0 saturated heterocycles. The number of carbonyl (C=O) groups is 2. The van der Waals surface area contributed by atoms with Gasteiger partial charge in [0.1, 0.15) is 0 Å². The lowest BCUT2D eigenvalue weighted by Gasteiger charge is -2.07. The number of carbonyl (C=O) groups excluding carboxylic acids is 2. The van der Waals surface area contributed by atoms with Crippen LogP contribution in [0.3, 0.4) is 0 Å². The number of ether oxygens (including phenoxy) is 1. The first-order valence-electron chi connectivity index (χ1n) is 6.06. The van der Waals surface area contributed by atoms with Gasteiger partial charge in [-0.15, -0.1) is 0 Å². The first-order chi connectivity index (χ1) is 10.5. The van der Waals surface area contributed by atoms with Gasteiger partial charge in [0.25, 0.3) is 5.91 Å². The topological polar surface area (TPSA) is 82.3 Å². The molecule has 1 aromatic carbocycles. The first kappa shape index (κ1) is 15.4. The molecule has 1 heterocycles. The van der Waals surface area contributed by atoms with Crippen molar-refractivity contribution >= 4 is 17.6 Å². The number of pyridine rings is 1. The van der Waals surface area contributed by atoms with Crippen LogP contribution in [0.1, 0.15) is 10.4 Å². The van der Waals surface area contributed by atoms with Gasteiger partial charge >= 0.3 is 5.97 Å². The molecule has 0 aliphatic heterocycles. The second-order valence-electron chi connectivity index (χ2n) is 4.20. The van der Waals surface area contributed by atoms with Gasteiger partial charge in [-0.3, -0.25) is 4.79 Å². The number of anilines is 1. The molecular formula is C14H10F2N2O4. The van der Waals surface area contributed by atoms with Gasteiger partial charge in [-0.25, -0.2) is 13.6 Å². The number of benzene rings is 1. The van der Waals surface area contributed by atoms with E-state index in [2.05, 4.69) is 5.32 Å². The molecule has 0 unspecified atom stereocenters. The van der Waals surface area contributed by atoms with E-state index in [0.29, 0.717) is 4.73 Å². The molecule has 2 aromatic rings. The summed E-state index contributed by atoms with van der Waals surface area (Å²) in [5, 5.41) is 13.1. The lowest BCUT2D eigenvalue weighted by Crippen LogP contribution is -2.25. The quantitative estimate of drug-likeness (QED) is 0.526. The van der Waals surface area contributed by atoms with Crippen LogP contribution in [0.5, 0.6) is 0 Å². The number of rotatable bonds is 4. The summed E-state index contributed by atoms with van der Waals surface area (Å²) < 4.78 is 30.9. The van der Waals surface area contributed by atoms with E-state index in [4.69, 9.17) is 4.74 Å². The molecular weight excluding hydrogens is 298 g/mol. The zero-order valence-electron chi connectivity index (χ0n) is 11.1. The van der Waals surface area contributed by atoms with Crippen molar-refractivity contribution in [2.45, 2.75) is 0 Å². The lowest BCUT2D eigenvalue weighted by atomic mass is 10.3. The number of amides is 1. The number of esters is 1. The van der Waals surface area contributed by atoms with E-state index in [-0.39, 0.29) is 11.3 Å². The summed E-state index contributed by atoms with van der Waals surface area (Å²) in [7, 11) is 0. The smallest absolute Gasteiger partial charge is 0.339 e. The number of nitrogens with zero attached hydrogens (tertiary/aromatic N) is 1. The maximum atomic E-state index is 13.0. The van der Waals surface area contributed by atoms with Gasteiger partial charge in [0, 0.05) is 23.9 Å². The van der Waals surface area contributed by atoms with Crippen molar-refractivity contribution in [3.63, 3.8) is 0 Å². The minimum absolute atomic E-state index is 0.0343. The summed E-state index contributed by atoms with van der Waals surface area (Å²) >= 11 is 0. The summed E-state index contributed by atoms with van der Waals surface area (Å²) in [5.41, 5.74) is 0.139. The highest BCUT2D eigenvalue weighted by molar-refractivity contribution is 5.95. The Morgan fingerprint density at radius 1 is 1.14 bits per heavy atom. The maximum Gasteiger partial charge on any atom is 0.339 e. The second kappa shape index (κ2) is 6.61. The minimum atomic E-state index is -1.11. The molecule has 114 valence electrons. The Labute approximate surface area is 123 Å². The highest BCUT2D eigenvalue weighted by Crippen LogP contribution is 2.12. The van der Waals surface area contributed by atoms with Crippen molar-refractivity contribution in [2.24, 2.45) is 0 Å². The third kappa shape index (κ3) is 3.98. The van der Waals surface area contributed by atoms with E-state index < -0.39 is 30.1 Å². The van der Waals surface area contributed by atoms with Crippen molar-refractivity contribution in [1.82, 2.24) is 0 Å². The van der Waals surface area contributed by atoms with Gasteiger partial charge in [-0.1, -0.05) is 0 Å². The monoisotopic (exact) mass is 308 g/mol. The van der Waals surface area contributed by atoms with Gasteiger partial charge in [0.05, 0.1) is 5.56 Å². The van der Waals surface area contributed by atoms with E-state index in [1.165, 1.54) is 18.2 Å². The number of halogens is 2. The number of aromatic nitrogens is 1. The molecule has 0 saturated carbocycles. The largest absolute Gasteiger partial charge is 0.619 e. The van der Waals surface area contributed by atoms with Gasteiger partial charge in [0.15, 0.2) is 30.6 Å². The fourth-order valence-corrected chi connectivity index (χ4v) is 1.53. The minimum Gasteiger partial charge on any atom is -0.619 e. The highest BCUT2D eigenvalue weighted by Gasteiger charge is 2.12. The lowest BCUT2D eigenvalue weighted by molar-refractivity contribution is -0.605. The van der Waals surface area contributed by atoms with E-state index in [1.807, 2.05) is 0 Å². The molecule has 0 aliphatic rings. The van der Waals surface area contributed by atoms with Crippen LogP contribution in [0.15, 0.2) is 42.7 Å². The highest BCUT2D eigenvalue weighted by atomic mass is 19.2. The number of nitrogens with one attached hydrogen (secondary N) is 1. The second-order valence-corrected chi connectivity index (χ2v) is 4.20. The molecule has 1 aromatic heterocycles. The van der Waals surface area contributed by atoms with Crippen LogP contribution in [0.4, 0.5) is 14.5 Å². The van der Waals surface area contributed by atoms with Crippen molar-refractivity contribution < 1.29 is 27.8 Å². The average molecular weight is 308 g/mol. The van der Waals surface area contributed by atoms with Crippen LogP contribution in [-0.4, -0.2) is 18.5 Å². The van der Waals surface area contributed by atoms with Crippen molar-refractivity contribution in [2.75, 3.05) is 11.9 Å². The fraction of sp³-hybridized carbons (Fsp3) is 0.0714. The molecule has 2 rings (SSSR count). The Bertz CT molecular complexity index is 704. The van der Waals surface area contributed by atoms with E-state index in [0.717, 1.165) is 24.5 Å². The number of hydrogen-bond acceptors (Lipinski definition) is 4. The molecule has 0 bridgehead atoms. The Morgan fingerprint density at radius 2 is 1.82 bits per heavy atom. The normalized spacial score (nSPS) is 10.1. The van der Waals surface area contributed by atoms with Gasteiger partial charge in [0.2, 0.25) is 0 Å². The molecule has 0 atom stereocenters. The molecule has 0 spiro atoms. The number of hydrogen-bond donors (Lipinski definition) is 1. The first-order valence-corrected chi connectivity index (χ1v) is 6.06. The Morgan fingerprint density at radius 3 is 2.45 bits per heavy atom. The van der Waals surface area contributed by atoms with Crippen LogP contribution in [-0.2, 0) is 9.53 Å². The van der Waals surface area contributed by atoms with Crippen LogP contribution in [0.25, 0.3) is 0 Å². The SMILES string of the molecule is O=C(COC(=O)c1cc[n+]([O-])cc1)Nc1ccc(F)c(F)c1. The predicted molar refractivity (Wildman–Crippen MR) is 70.7 cm³/mol. The van der Waals surface area contributed by atoms with E-state index in [9.17, 15) is 23.6 Å². The predicted octanol–water partition coefficient (Wildman–Crippen LogP) is 1.39. The summed E-state index contributed by atoms with van der Waals surface area (Å²) in [6.45, 7) is -0.607. The van der Waals surface area contributed by atoms with E-state index >= 15 is 0 Å². The third-order valence-electron chi connectivity index (χ3n) is 2.58. The summed E-state index contributed by atoms with van der Waals surface area (Å²) in [4.78, 5) is 23.1. The fourth-order valence-electron chi connectivity index (χ4n) is 1.53. The summed E-state index contributed by atoms with van der Waals surface area (Å²) in [5.74, 6) is -3.65. The summed E-state index contributed by atoms with van der Waals surface area (Å²) in [6, 6.07) is 5.31. The van der Waals surface area contributed by atoms with Crippen LogP contribution >= 0.6 is 0 Å². The standard InChI is InChI=1S/C14H10F2N2O4/c15-11-2-1-10(7-12(11)16)17-13(19)8-22-14(20)9-3-5-18(21)6-4-9/h1-7H,8H2,(H,17,19). The Hall–Kier alpha value is -3.03. The molecule has 1 N–H and O–H groups in total. The Kier molecular flexibility index (Phi) is 4.62. The Balaban J connectivity index is 1.88. The zero-order chi connectivity index (χ0) is 16.1. The van der Waals surface area contributed by atoms with Gasteiger partial charge in [-0.2, -0.15) is 4.73 Å².